The SMILES string of the molecule is COC(=O)COC1(c2ccncc2Br)CNC2(CCCCC2)C1. The highest BCUT2D eigenvalue weighted by Gasteiger charge is 2.50. The number of methoxy groups -OCH3 is 1. The minimum Gasteiger partial charge on any atom is -0.467 e. The predicted molar refractivity (Wildman–Crippen MR) is 90.0 cm³/mol. The van der Waals surface area contributed by atoms with Crippen LogP contribution < -0.4 is 5.32 Å². The molecule has 23 heavy (non-hydrogen) atoms. The molecule has 1 spiro atoms. The molecule has 1 aliphatic carbocycles. The molecule has 0 bridgehead atoms. The zero-order valence-corrected chi connectivity index (χ0v) is 15.0. The van der Waals surface area contributed by atoms with E-state index in [1.54, 1.807) is 12.4 Å². The lowest BCUT2D eigenvalue weighted by atomic mass is 9.76. The second kappa shape index (κ2) is 6.87. The van der Waals surface area contributed by atoms with Gasteiger partial charge >= 0.3 is 5.97 Å². The van der Waals surface area contributed by atoms with Gasteiger partial charge in [-0.1, -0.05) is 19.3 Å². The van der Waals surface area contributed by atoms with E-state index in [4.69, 9.17) is 9.47 Å². The molecule has 6 heteroatoms. The summed E-state index contributed by atoms with van der Waals surface area (Å²) in [5, 5.41) is 3.71. The van der Waals surface area contributed by atoms with Gasteiger partial charge in [0.15, 0.2) is 0 Å². The van der Waals surface area contributed by atoms with Crippen molar-refractivity contribution in [2.45, 2.75) is 49.7 Å². The van der Waals surface area contributed by atoms with Crippen LogP contribution in [0.15, 0.2) is 22.9 Å². The molecule has 1 aromatic heterocycles. The Morgan fingerprint density at radius 1 is 1.39 bits per heavy atom. The van der Waals surface area contributed by atoms with Gasteiger partial charge in [-0.05, 0) is 34.8 Å². The van der Waals surface area contributed by atoms with Gasteiger partial charge in [0.25, 0.3) is 0 Å². The molecule has 2 fully saturated rings. The third-order valence-electron chi connectivity index (χ3n) is 5.14. The van der Waals surface area contributed by atoms with Gasteiger partial charge in [-0.25, -0.2) is 4.79 Å². The topological polar surface area (TPSA) is 60.5 Å². The van der Waals surface area contributed by atoms with E-state index in [2.05, 4.69) is 26.2 Å². The first-order valence-electron chi connectivity index (χ1n) is 8.15. The number of nitrogens with one attached hydrogen (secondary N) is 1. The number of aromatic nitrogens is 1. The zero-order chi connectivity index (χ0) is 16.3. The van der Waals surface area contributed by atoms with Crippen LogP contribution in [0.5, 0.6) is 0 Å². The Balaban J connectivity index is 1.89. The van der Waals surface area contributed by atoms with Crippen LogP contribution in [0.1, 0.15) is 44.1 Å². The standard InChI is InChI=1S/C17H23BrN2O3/c1-22-15(21)10-23-17(13-5-8-19-9-14(13)18)11-16(20-12-17)6-3-2-4-7-16/h5,8-9,20H,2-4,6-7,10-12H2,1H3. The largest absolute Gasteiger partial charge is 0.467 e. The molecular formula is C17H23BrN2O3. The number of nitrogens with zero attached hydrogens (tertiary/aromatic N) is 1. The average molecular weight is 383 g/mol. The molecule has 1 atom stereocenters. The minimum atomic E-state index is -0.521. The summed E-state index contributed by atoms with van der Waals surface area (Å²) in [6.45, 7) is 0.662. The van der Waals surface area contributed by atoms with Crippen molar-refractivity contribution >= 4 is 21.9 Å². The first kappa shape index (κ1) is 16.9. The number of ether oxygens (including phenoxy) is 2. The van der Waals surface area contributed by atoms with Crippen molar-refractivity contribution < 1.29 is 14.3 Å². The summed E-state index contributed by atoms with van der Waals surface area (Å²) < 4.78 is 11.8. The van der Waals surface area contributed by atoms with Crippen LogP contribution >= 0.6 is 15.9 Å². The average Bonchev–Trinajstić information content (AvgIpc) is 2.93. The highest BCUT2D eigenvalue weighted by atomic mass is 79.9. The summed E-state index contributed by atoms with van der Waals surface area (Å²) in [6, 6.07) is 1.98. The fraction of sp³-hybridized carbons (Fsp3) is 0.647. The van der Waals surface area contributed by atoms with Gasteiger partial charge in [0, 0.05) is 40.9 Å². The molecule has 0 radical (unpaired) electrons. The van der Waals surface area contributed by atoms with Crippen molar-refractivity contribution in [1.29, 1.82) is 0 Å². The van der Waals surface area contributed by atoms with Crippen LogP contribution in [0.4, 0.5) is 0 Å². The number of pyridine rings is 1. The first-order valence-corrected chi connectivity index (χ1v) is 8.94. The summed E-state index contributed by atoms with van der Waals surface area (Å²) in [4.78, 5) is 15.8. The molecule has 1 unspecified atom stereocenters. The van der Waals surface area contributed by atoms with Gasteiger partial charge in [0.2, 0.25) is 0 Å². The maximum Gasteiger partial charge on any atom is 0.331 e. The smallest absolute Gasteiger partial charge is 0.331 e. The molecule has 1 saturated heterocycles. The summed E-state index contributed by atoms with van der Waals surface area (Å²) >= 11 is 3.59. The lowest BCUT2D eigenvalue weighted by Gasteiger charge is -2.36. The molecular weight excluding hydrogens is 360 g/mol. The van der Waals surface area contributed by atoms with E-state index >= 15 is 0 Å². The molecule has 2 aliphatic rings. The number of esters is 1. The Bertz CT molecular complexity index is 575. The summed E-state index contributed by atoms with van der Waals surface area (Å²) in [6.07, 6.45) is 10.6. The van der Waals surface area contributed by atoms with E-state index in [-0.39, 0.29) is 18.1 Å². The fourth-order valence-corrected chi connectivity index (χ4v) is 4.57. The van der Waals surface area contributed by atoms with Crippen molar-refractivity contribution in [2.75, 3.05) is 20.3 Å². The van der Waals surface area contributed by atoms with E-state index in [1.807, 2.05) is 6.07 Å². The number of hydrogen-bond acceptors (Lipinski definition) is 5. The molecule has 0 amide bonds. The van der Waals surface area contributed by atoms with Gasteiger partial charge < -0.3 is 14.8 Å². The van der Waals surface area contributed by atoms with E-state index in [0.717, 1.165) is 16.5 Å². The maximum atomic E-state index is 11.6. The lowest BCUT2D eigenvalue weighted by molar-refractivity contribution is -0.153. The van der Waals surface area contributed by atoms with Crippen LogP contribution in [0.3, 0.4) is 0 Å². The number of carbonyl (C=O) groups excluding carboxylic acids is 1. The third kappa shape index (κ3) is 3.44. The molecule has 2 heterocycles. The van der Waals surface area contributed by atoms with Crippen LogP contribution in [-0.2, 0) is 19.9 Å². The van der Waals surface area contributed by atoms with Crippen LogP contribution in [0.25, 0.3) is 0 Å². The van der Waals surface area contributed by atoms with Crippen LogP contribution in [0.2, 0.25) is 0 Å². The maximum absolute atomic E-state index is 11.6. The molecule has 1 aromatic rings. The highest BCUT2D eigenvalue weighted by molar-refractivity contribution is 9.10. The second-order valence-electron chi connectivity index (χ2n) is 6.59. The Hall–Kier alpha value is -0.980. The number of carbonyl (C=O) groups is 1. The first-order chi connectivity index (χ1) is 11.1. The molecule has 126 valence electrons. The number of hydrogen-bond donors (Lipinski definition) is 1. The van der Waals surface area contributed by atoms with E-state index < -0.39 is 5.60 Å². The monoisotopic (exact) mass is 382 g/mol. The Kier molecular flexibility index (Phi) is 5.04. The minimum absolute atomic E-state index is 0.0387. The van der Waals surface area contributed by atoms with Crippen molar-refractivity contribution in [3.05, 3.63) is 28.5 Å². The molecule has 1 saturated carbocycles. The van der Waals surface area contributed by atoms with Crippen molar-refractivity contribution in [2.24, 2.45) is 0 Å². The number of rotatable bonds is 4. The quantitative estimate of drug-likeness (QED) is 0.811. The molecule has 1 aliphatic heterocycles. The van der Waals surface area contributed by atoms with Gasteiger partial charge in [0.05, 0.1) is 7.11 Å². The lowest BCUT2D eigenvalue weighted by Crippen LogP contribution is -2.41. The Morgan fingerprint density at radius 2 is 2.17 bits per heavy atom. The molecule has 1 N–H and O–H groups in total. The van der Waals surface area contributed by atoms with Gasteiger partial charge in [-0.3, -0.25) is 4.98 Å². The van der Waals surface area contributed by atoms with Crippen LogP contribution in [-0.4, -0.2) is 36.8 Å². The van der Waals surface area contributed by atoms with Crippen LogP contribution in [0, 0.1) is 0 Å². The Labute approximate surface area is 145 Å². The van der Waals surface area contributed by atoms with E-state index in [1.165, 1.54) is 39.2 Å². The normalized spacial score (nSPS) is 26.3. The fourth-order valence-electron chi connectivity index (χ4n) is 3.95. The molecule has 3 rings (SSSR count). The zero-order valence-electron chi connectivity index (χ0n) is 13.4. The van der Waals surface area contributed by atoms with Crippen molar-refractivity contribution in [3.63, 3.8) is 0 Å². The van der Waals surface area contributed by atoms with E-state index in [9.17, 15) is 4.79 Å². The summed E-state index contributed by atoms with van der Waals surface area (Å²) in [5.74, 6) is -0.348. The van der Waals surface area contributed by atoms with Gasteiger partial charge in [-0.2, -0.15) is 0 Å². The predicted octanol–water partition coefficient (Wildman–Crippen LogP) is 2.93. The summed E-state index contributed by atoms with van der Waals surface area (Å²) in [7, 11) is 1.39. The van der Waals surface area contributed by atoms with Gasteiger partial charge in [-0.15, -0.1) is 0 Å². The van der Waals surface area contributed by atoms with Crippen molar-refractivity contribution in [3.8, 4) is 0 Å². The third-order valence-corrected chi connectivity index (χ3v) is 5.77. The number of halogens is 1. The molecule has 5 nitrogen and oxygen atoms in total. The molecule has 0 aromatic carbocycles. The highest BCUT2D eigenvalue weighted by Crippen LogP contribution is 2.47. The van der Waals surface area contributed by atoms with E-state index in [0.29, 0.717) is 6.54 Å². The Morgan fingerprint density at radius 3 is 2.87 bits per heavy atom. The summed E-state index contributed by atoms with van der Waals surface area (Å²) in [5.41, 5.74) is 0.649. The second-order valence-corrected chi connectivity index (χ2v) is 7.44. The van der Waals surface area contributed by atoms with Gasteiger partial charge in [0.1, 0.15) is 12.2 Å². The van der Waals surface area contributed by atoms with Crippen molar-refractivity contribution in [1.82, 2.24) is 10.3 Å².